The Morgan fingerprint density at radius 3 is 2.67 bits per heavy atom. The van der Waals surface area contributed by atoms with Gasteiger partial charge in [0.25, 0.3) is 0 Å². The van der Waals surface area contributed by atoms with Gasteiger partial charge in [-0.1, -0.05) is 37.4 Å². The second kappa shape index (κ2) is 7.37. The van der Waals surface area contributed by atoms with E-state index >= 15 is 0 Å². The predicted molar refractivity (Wildman–Crippen MR) is 80.8 cm³/mol. The average molecular weight is 258 g/mol. The maximum absolute atomic E-state index is 8.13. The van der Waals surface area contributed by atoms with Crippen molar-refractivity contribution in [3.05, 3.63) is 41.4 Å². The van der Waals surface area contributed by atoms with Crippen LogP contribution in [0, 0.1) is 0 Å². The molecule has 0 saturated carbocycles. The van der Waals surface area contributed by atoms with E-state index in [0.29, 0.717) is 0 Å². The van der Waals surface area contributed by atoms with Gasteiger partial charge in [-0.3, -0.25) is 5.43 Å². The van der Waals surface area contributed by atoms with Gasteiger partial charge < -0.3 is 5.53 Å². The SMILES string of the molecule is C1=Cc2ccccc2NN=C1.CC(=[N+]=[N-])[SiH](C)C. The minimum atomic E-state index is -0.765. The lowest BCUT2D eigenvalue weighted by atomic mass is 10.2. The molecule has 0 saturated heterocycles. The second-order valence-electron chi connectivity index (χ2n) is 4.23. The molecule has 5 heteroatoms. The van der Waals surface area contributed by atoms with Gasteiger partial charge in [-0.05, 0) is 17.7 Å². The molecule has 1 aliphatic rings. The topological polar surface area (TPSA) is 60.8 Å². The first-order valence-electron chi connectivity index (χ1n) is 5.88. The quantitative estimate of drug-likeness (QED) is 0.358. The zero-order valence-corrected chi connectivity index (χ0v) is 12.1. The highest BCUT2D eigenvalue weighted by Gasteiger charge is 2.05. The number of fused-ring (bicyclic) bond motifs is 1. The monoisotopic (exact) mass is 258 g/mol. The van der Waals surface area contributed by atoms with E-state index in [1.54, 1.807) is 6.21 Å². The van der Waals surface area contributed by atoms with Crippen molar-refractivity contribution >= 4 is 32.1 Å². The Morgan fingerprint density at radius 2 is 2.06 bits per heavy atom. The number of allylic oxidation sites excluding steroid dienone is 1. The number of rotatable bonds is 1. The Balaban J connectivity index is 0.000000203. The van der Waals surface area contributed by atoms with Gasteiger partial charge in [-0.25, -0.2) is 0 Å². The first-order chi connectivity index (χ1) is 8.65. The molecule has 0 radical (unpaired) electrons. The largest absolute Gasteiger partial charge is 0.362 e. The summed E-state index contributed by atoms with van der Waals surface area (Å²) in [6, 6.07) is 8.05. The number of nitrogens with zero attached hydrogens (tertiary/aromatic N) is 3. The number of para-hydroxylation sites is 1. The van der Waals surface area contributed by atoms with Crippen LogP contribution in [-0.4, -0.2) is 25.1 Å². The van der Waals surface area contributed by atoms with Crippen LogP contribution in [0.5, 0.6) is 0 Å². The third-order valence-electron chi connectivity index (χ3n) is 2.58. The molecule has 0 aromatic heterocycles. The van der Waals surface area contributed by atoms with Gasteiger partial charge in [0.15, 0.2) is 8.80 Å². The third-order valence-corrected chi connectivity index (χ3v) is 4.36. The number of hydrogen-bond donors (Lipinski definition) is 1. The summed E-state index contributed by atoms with van der Waals surface area (Å²) in [4.78, 5) is 3.07. The highest BCUT2D eigenvalue weighted by molar-refractivity contribution is 6.87. The van der Waals surface area contributed by atoms with Gasteiger partial charge in [-0.15, -0.1) is 0 Å². The molecule has 0 fully saturated rings. The Morgan fingerprint density at radius 1 is 1.33 bits per heavy atom. The van der Waals surface area contributed by atoms with Gasteiger partial charge in [0.1, 0.15) is 0 Å². The van der Waals surface area contributed by atoms with E-state index in [-0.39, 0.29) is 0 Å². The van der Waals surface area contributed by atoms with E-state index in [1.165, 1.54) is 5.56 Å². The van der Waals surface area contributed by atoms with E-state index in [1.807, 2.05) is 43.3 Å². The van der Waals surface area contributed by atoms with Crippen LogP contribution in [0.3, 0.4) is 0 Å². The maximum Gasteiger partial charge on any atom is 0.230 e. The Bertz CT molecular complexity index is 499. The van der Waals surface area contributed by atoms with E-state index in [9.17, 15) is 0 Å². The van der Waals surface area contributed by atoms with Crippen molar-refractivity contribution in [2.45, 2.75) is 20.0 Å². The molecule has 0 spiro atoms. The normalized spacial score (nSPS) is 11.6. The van der Waals surface area contributed by atoms with Gasteiger partial charge in [0.05, 0.1) is 5.69 Å². The zero-order chi connectivity index (χ0) is 13.4. The fourth-order valence-electron chi connectivity index (χ4n) is 1.16. The van der Waals surface area contributed by atoms with Crippen LogP contribution < -0.4 is 5.43 Å². The van der Waals surface area contributed by atoms with E-state index < -0.39 is 8.80 Å². The van der Waals surface area contributed by atoms with Crippen molar-refractivity contribution in [1.82, 2.24) is 0 Å². The standard InChI is InChI=1S/C9H8N2.C4H10N2Si/c1-2-6-9-8(4-1)5-3-7-10-11-9;1-4(6-5)7(2)3/h1-7,11H;7H,1-3H3. The number of anilines is 1. The van der Waals surface area contributed by atoms with Crippen LogP contribution in [0.4, 0.5) is 5.69 Å². The van der Waals surface area contributed by atoms with E-state index in [4.69, 9.17) is 5.53 Å². The van der Waals surface area contributed by atoms with Crippen molar-refractivity contribution in [1.29, 1.82) is 0 Å². The highest BCUT2D eigenvalue weighted by atomic mass is 28.3. The molecule has 4 nitrogen and oxygen atoms in total. The molecule has 0 bridgehead atoms. The van der Waals surface area contributed by atoms with Crippen molar-refractivity contribution in [3.8, 4) is 0 Å². The van der Waals surface area contributed by atoms with Crippen LogP contribution in [0.15, 0.2) is 35.4 Å². The lowest BCUT2D eigenvalue weighted by Crippen LogP contribution is -2.14. The van der Waals surface area contributed by atoms with Crippen molar-refractivity contribution in [2.24, 2.45) is 5.10 Å². The van der Waals surface area contributed by atoms with E-state index in [2.05, 4.69) is 28.4 Å². The summed E-state index contributed by atoms with van der Waals surface area (Å²) in [5.41, 5.74) is 13.3. The molecule has 1 aromatic rings. The Hall–Kier alpha value is -1.97. The van der Waals surface area contributed by atoms with Crippen molar-refractivity contribution in [3.63, 3.8) is 0 Å². The molecule has 1 aliphatic heterocycles. The van der Waals surface area contributed by atoms with Crippen molar-refractivity contribution < 1.29 is 4.79 Å². The molecular formula is C13H18N4Si. The number of benzene rings is 1. The van der Waals surface area contributed by atoms with Gasteiger partial charge in [0, 0.05) is 13.1 Å². The molecule has 18 heavy (non-hydrogen) atoms. The van der Waals surface area contributed by atoms with Crippen LogP contribution in [0.2, 0.25) is 13.1 Å². The molecule has 1 aromatic carbocycles. The Labute approximate surface area is 109 Å². The summed E-state index contributed by atoms with van der Waals surface area (Å²) in [6.07, 6.45) is 5.68. The first-order valence-corrected chi connectivity index (χ1v) is 8.77. The van der Waals surface area contributed by atoms with Gasteiger partial charge in [0.2, 0.25) is 5.33 Å². The third kappa shape index (κ3) is 4.49. The van der Waals surface area contributed by atoms with Crippen LogP contribution in [0.25, 0.3) is 11.6 Å². The maximum atomic E-state index is 8.13. The zero-order valence-electron chi connectivity index (χ0n) is 11.0. The number of nitrogens with one attached hydrogen (secondary N) is 1. The number of hydrazone groups is 1. The molecule has 2 rings (SSSR count). The lowest BCUT2D eigenvalue weighted by Gasteiger charge is -2.00. The van der Waals surface area contributed by atoms with Crippen LogP contribution >= 0.6 is 0 Å². The van der Waals surface area contributed by atoms with Crippen LogP contribution in [-0.2, 0) is 0 Å². The van der Waals surface area contributed by atoms with Crippen LogP contribution in [0.1, 0.15) is 12.5 Å². The summed E-state index contributed by atoms with van der Waals surface area (Å²) < 4.78 is 0. The molecule has 1 N–H and O–H groups in total. The lowest BCUT2D eigenvalue weighted by molar-refractivity contribution is -0.00158. The smallest absolute Gasteiger partial charge is 0.230 e. The summed E-state index contributed by atoms with van der Waals surface area (Å²) in [5, 5.41) is 4.87. The molecule has 0 atom stereocenters. The van der Waals surface area contributed by atoms with Gasteiger partial charge in [-0.2, -0.15) is 9.89 Å². The minimum Gasteiger partial charge on any atom is -0.362 e. The number of hydrogen-bond acceptors (Lipinski definition) is 2. The molecule has 0 aliphatic carbocycles. The van der Waals surface area contributed by atoms with Crippen molar-refractivity contribution in [2.75, 3.05) is 5.43 Å². The first kappa shape index (κ1) is 14.1. The van der Waals surface area contributed by atoms with Gasteiger partial charge >= 0.3 is 0 Å². The Kier molecular flexibility index (Phi) is 5.77. The fraction of sp³-hybridized carbons (Fsp3) is 0.231. The summed E-state index contributed by atoms with van der Waals surface area (Å²) >= 11 is 0. The molecule has 1 heterocycles. The molecule has 0 amide bonds. The molecule has 0 unspecified atom stereocenters. The average Bonchev–Trinajstić information content (AvgIpc) is 2.63. The summed E-state index contributed by atoms with van der Waals surface area (Å²) in [7, 11) is -0.765. The van der Waals surface area contributed by atoms with E-state index in [0.717, 1.165) is 11.0 Å². The second-order valence-corrected chi connectivity index (χ2v) is 7.38. The minimum absolute atomic E-state index is 0.765. The highest BCUT2D eigenvalue weighted by Crippen LogP contribution is 2.17. The summed E-state index contributed by atoms with van der Waals surface area (Å²) in [6.45, 7) is 6.10. The fourth-order valence-corrected chi connectivity index (χ4v) is 1.39. The molecular weight excluding hydrogens is 240 g/mol. The summed E-state index contributed by atoms with van der Waals surface area (Å²) in [5.74, 6) is 0. The predicted octanol–water partition coefficient (Wildman–Crippen LogP) is 2.81. The molecule has 94 valence electrons.